The van der Waals surface area contributed by atoms with Crippen LogP contribution in [0.25, 0.3) is 0 Å². The molecule has 0 unspecified atom stereocenters. The molecule has 2 aromatic carbocycles. The van der Waals surface area contributed by atoms with Gasteiger partial charge in [-0.05, 0) is 35.9 Å². The quantitative estimate of drug-likeness (QED) is 0.527. The van der Waals surface area contributed by atoms with E-state index in [0.29, 0.717) is 28.3 Å². The molecule has 0 saturated carbocycles. The molecule has 0 spiro atoms. The summed E-state index contributed by atoms with van der Waals surface area (Å²) in [4.78, 5) is 14.5. The van der Waals surface area contributed by atoms with Gasteiger partial charge in [-0.3, -0.25) is 4.79 Å². The van der Waals surface area contributed by atoms with Crippen LogP contribution in [0, 0.1) is 11.3 Å². The lowest BCUT2D eigenvalue weighted by Gasteiger charge is -2.24. The van der Waals surface area contributed by atoms with Gasteiger partial charge in [0.1, 0.15) is 0 Å². The number of aliphatic hydroxyl groups excluding tert-OH is 1. The molecule has 2 aromatic rings. The first-order chi connectivity index (χ1) is 13.6. The van der Waals surface area contributed by atoms with Gasteiger partial charge in [0.05, 0.1) is 50.4 Å². The number of carbonyl (C=O) groups is 1. The number of carbonyl (C=O) groups excluding carboxylic acids is 1. The Morgan fingerprint density at radius 1 is 1.21 bits per heavy atom. The Hall–Kier alpha value is -2.99. The summed E-state index contributed by atoms with van der Waals surface area (Å²) >= 11 is 0. The zero-order valence-corrected chi connectivity index (χ0v) is 17.2. The number of anilines is 1. The molecule has 4 N–H and O–H groups in total. The summed E-state index contributed by atoms with van der Waals surface area (Å²) in [5, 5.41) is 21.2. The molecule has 0 radical (unpaired) electrons. The first kappa shape index (κ1) is 24.0. The summed E-state index contributed by atoms with van der Waals surface area (Å²) in [7, 11) is 3.10. The van der Waals surface area contributed by atoms with Crippen molar-refractivity contribution < 1.29 is 19.4 Å². The van der Waals surface area contributed by atoms with Gasteiger partial charge in [-0.2, -0.15) is 5.26 Å². The lowest BCUT2D eigenvalue weighted by Crippen LogP contribution is -2.35. The van der Waals surface area contributed by atoms with E-state index in [2.05, 4.69) is 5.32 Å². The van der Waals surface area contributed by atoms with Crippen LogP contribution in [0.3, 0.4) is 0 Å². The Bertz CT molecular complexity index is 870. The van der Waals surface area contributed by atoms with Gasteiger partial charge in [0.15, 0.2) is 11.5 Å². The highest BCUT2D eigenvalue weighted by Crippen LogP contribution is 2.27. The molecular weight excluding hydrogens is 396 g/mol. The normalized spacial score (nSPS) is 9.76. The molecule has 0 aromatic heterocycles. The molecular formula is C20H25ClN4O4. The van der Waals surface area contributed by atoms with Crippen LogP contribution >= 0.6 is 12.4 Å². The summed E-state index contributed by atoms with van der Waals surface area (Å²) in [5.41, 5.74) is 7.81. The molecule has 8 nitrogen and oxygen atoms in total. The molecule has 0 saturated heterocycles. The second-order valence-electron chi connectivity index (χ2n) is 5.89. The third-order valence-corrected chi connectivity index (χ3v) is 4.20. The SMILES string of the molecule is COc1ccc(CNC(=O)c2cc(C#N)ccc2N(CN)CCO)cc1OC.Cl. The van der Waals surface area contributed by atoms with Crippen molar-refractivity contribution in [3.05, 3.63) is 53.1 Å². The van der Waals surface area contributed by atoms with Crippen LogP contribution in [0.1, 0.15) is 21.5 Å². The van der Waals surface area contributed by atoms with E-state index in [-0.39, 0.29) is 44.7 Å². The second-order valence-corrected chi connectivity index (χ2v) is 5.89. The molecule has 0 bridgehead atoms. The van der Waals surface area contributed by atoms with Crippen molar-refractivity contribution in [2.75, 3.05) is 38.9 Å². The fourth-order valence-corrected chi connectivity index (χ4v) is 2.76. The zero-order valence-electron chi connectivity index (χ0n) is 16.3. The largest absolute Gasteiger partial charge is 0.493 e. The van der Waals surface area contributed by atoms with Gasteiger partial charge < -0.3 is 30.5 Å². The molecule has 156 valence electrons. The highest BCUT2D eigenvalue weighted by Gasteiger charge is 2.17. The minimum Gasteiger partial charge on any atom is -0.493 e. The first-order valence-corrected chi connectivity index (χ1v) is 8.67. The van der Waals surface area contributed by atoms with E-state index < -0.39 is 0 Å². The van der Waals surface area contributed by atoms with E-state index in [1.54, 1.807) is 43.4 Å². The summed E-state index contributed by atoms with van der Waals surface area (Å²) in [5.74, 6) is 0.820. The average molecular weight is 421 g/mol. The summed E-state index contributed by atoms with van der Waals surface area (Å²) in [6.07, 6.45) is 0. The van der Waals surface area contributed by atoms with Crippen molar-refractivity contribution in [1.82, 2.24) is 5.32 Å². The van der Waals surface area contributed by atoms with Crippen LogP contribution in [0.15, 0.2) is 36.4 Å². The Balaban J connectivity index is 0.00000420. The van der Waals surface area contributed by atoms with Crippen LogP contribution in [-0.4, -0.2) is 45.1 Å². The average Bonchev–Trinajstić information content (AvgIpc) is 2.75. The lowest BCUT2D eigenvalue weighted by atomic mass is 10.1. The molecule has 29 heavy (non-hydrogen) atoms. The highest BCUT2D eigenvalue weighted by molar-refractivity contribution is 6.00. The Labute approximate surface area is 176 Å². The van der Waals surface area contributed by atoms with E-state index in [1.807, 2.05) is 12.1 Å². The maximum Gasteiger partial charge on any atom is 0.253 e. The molecule has 0 atom stereocenters. The maximum atomic E-state index is 12.8. The number of hydrogen-bond acceptors (Lipinski definition) is 7. The van der Waals surface area contributed by atoms with E-state index in [9.17, 15) is 9.90 Å². The fourth-order valence-electron chi connectivity index (χ4n) is 2.76. The topological polar surface area (TPSA) is 121 Å². The number of nitrogens with two attached hydrogens (primary N) is 1. The Morgan fingerprint density at radius 3 is 2.52 bits per heavy atom. The summed E-state index contributed by atoms with van der Waals surface area (Å²) < 4.78 is 10.5. The number of amides is 1. The van der Waals surface area contributed by atoms with E-state index in [0.717, 1.165) is 5.56 Å². The third-order valence-electron chi connectivity index (χ3n) is 4.20. The van der Waals surface area contributed by atoms with E-state index in [4.69, 9.17) is 20.5 Å². The van der Waals surface area contributed by atoms with E-state index >= 15 is 0 Å². The van der Waals surface area contributed by atoms with Crippen molar-refractivity contribution in [2.45, 2.75) is 6.54 Å². The van der Waals surface area contributed by atoms with Gasteiger partial charge in [0, 0.05) is 13.1 Å². The van der Waals surface area contributed by atoms with Gasteiger partial charge in [-0.1, -0.05) is 6.07 Å². The number of halogens is 1. The van der Waals surface area contributed by atoms with Gasteiger partial charge in [0.2, 0.25) is 0 Å². The van der Waals surface area contributed by atoms with Crippen LogP contribution in [0.5, 0.6) is 11.5 Å². The zero-order chi connectivity index (χ0) is 20.5. The van der Waals surface area contributed by atoms with E-state index in [1.165, 1.54) is 6.07 Å². The first-order valence-electron chi connectivity index (χ1n) is 8.67. The van der Waals surface area contributed by atoms with Crippen LogP contribution < -0.4 is 25.4 Å². The van der Waals surface area contributed by atoms with Gasteiger partial charge in [0.25, 0.3) is 5.91 Å². The number of nitrogens with zero attached hydrogens (tertiary/aromatic N) is 2. The fraction of sp³-hybridized carbons (Fsp3) is 0.300. The number of methoxy groups -OCH3 is 2. The van der Waals surface area contributed by atoms with Crippen LogP contribution in [-0.2, 0) is 6.54 Å². The minimum atomic E-state index is -0.349. The van der Waals surface area contributed by atoms with Gasteiger partial charge in [-0.25, -0.2) is 0 Å². The Morgan fingerprint density at radius 2 is 1.93 bits per heavy atom. The molecule has 0 aliphatic rings. The lowest BCUT2D eigenvalue weighted by molar-refractivity contribution is 0.0951. The molecule has 1 amide bonds. The van der Waals surface area contributed by atoms with Crippen LogP contribution in [0.4, 0.5) is 5.69 Å². The van der Waals surface area contributed by atoms with Crippen molar-refractivity contribution in [1.29, 1.82) is 5.26 Å². The summed E-state index contributed by atoms with van der Waals surface area (Å²) in [6.45, 7) is 0.558. The van der Waals surface area contributed by atoms with Crippen molar-refractivity contribution >= 4 is 24.0 Å². The molecule has 0 fully saturated rings. The summed E-state index contributed by atoms with van der Waals surface area (Å²) in [6, 6.07) is 12.2. The molecule has 0 heterocycles. The van der Waals surface area contributed by atoms with Crippen molar-refractivity contribution in [3.8, 4) is 17.6 Å². The number of rotatable bonds is 9. The highest BCUT2D eigenvalue weighted by atomic mass is 35.5. The molecule has 0 aliphatic carbocycles. The van der Waals surface area contributed by atoms with Crippen LogP contribution in [0.2, 0.25) is 0 Å². The molecule has 0 aliphatic heterocycles. The predicted octanol–water partition coefficient (Wildman–Crippen LogP) is 1.64. The van der Waals surface area contributed by atoms with Crippen molar-refractivity contribution in [2.24, 2.45) is 5.73 Å². The standard InChI is InChI=1S/C20H24N4O4.ClH/c1-27-18-6-4-15(10-19(18)28-2)12-23-20(26)16-9-14(11-21)3-5-17(16)24(13-22)7-8-25;/h3-6,9-10,25H,7-8,12-13,22H2,1-2H3,(H,23,26);1H. The number of hydrogen-bond donors (Lipinski definition) is 3. The molecule has 9 heteroatoms. The monoisotopic (exact) mass is 420 g/mol. The smallest absolute Gasteiger partial charge is 0.253 e. The van der Waals surface area contributed by atoms with Gasteiger partial charge >= 0.3 is 0 Å². The Kier molecular flexibility index (Phi) is 9.75. The minimum absolute atomic E-state index is 0. The number of nitriles is 1. The predicted molar refractivity (Wildman–Crippen MR) is 113 cm³/mol. The van der Waals surface area contributed by atoms with Gasteiger partial charge in [-0.15, -0.1) is 12.4 Å². The number of nitrogens with one attached hydrogen (secondary N) is 1. The second kappa shape index (κ2) is 11.8. The number of benzene rings is 2. The van der Waals surface area contributed by atoms with Crippen molar-refractivity contribution in [3.63, 3.8) is 0 Å². The maximum absolute atomic E-state index is 12.8. The number of ether oxygens (including phenoxy) is 2. The molecule has 2 rings (SSSR count). The third kappa shape index (κ3) is 5.99. The number of aliphatic hydroxyl groups is 1.